The molecular weight excluding hydrogens is 872 g/mol. The zero-order valence-corrected chi connectivity index (χ0v) is 31.3. The quantitative estimate of drug-likeness (QED) is 0.157. The van der Waals surface area contributed by atoms with E-state index in [-0.39, 0.29) is 43.3 Å². The van der Waals surface area contributed by atoms with Crippen molar-refractivity contribution in [2.75, 3.05) is 13.7 Å². The number of benzene rings is 1. The van der Waals surface area contributed by atoms with Crippen molar-refractivity contribution in [3.63, 3.8) is 0 Å². The monoisotopic (exact) mass is 908 g/mol. The molecule has 0 bridgehead atoms. The second-order valence-corrected chi connectivity index (χ2v) is 12.1. The van der Waals surface area contributed by atoms with Crippen molar-refractivity contribution >= 4 is 26.1 Å². The number of aliphatic hydroxyl groups is 1. The number of methoxy groups -OCH3 is 1. The van der Waals surface area contributed by atoms with E-state index in [2.05, 4.69) is 15.1 Å². The Kier molecular flexibility index (Phi) is 14.6. The van der Waals surface area contributed by atoms with Crippen LogP contribution < -0.4 is 26.2 Å². The van der Waals surface area contributed by atoms with E-state index in [1.807, 2.05) is 20.3 Å². The molecule has 2 heterocycles. The van der Waals surface area contributed by atoms with E-state index in [0.717, 1.165) is 26.3 Å². The number of carbonyl (C=O) groups is 2. The van der Waals surface area contributed by atoms with Gasteiger partial charge in [-0.05, 0) is 19.1 Å². The first-order valence-electron chi connectivity index (χ1n) is 13.9. The van der Waals surface area contributed by atoms with Crippen molar-refractivity contribution in [3.05, 3.63) is 69.9 Å². The number of esters is 1. The third-order valence-corrected chi connectivity index (χ3v) is 8.42. The van der Waals surface area contributed by atoms with Crippen molar-refractivity contribution in [2.45, 2.75) is 76.6 Å². The third-order valence-electron chi connectivity index (χ3n) is 6.73. The fourth-order valence-electron chi connectivity index (χ4n) is 4.46. The summed E-state index contributed by atoms with van der Waals surface area (Å²) in [6.45, 7) is 4.81. The number of rotatable bonds is 12. The molecule has 1 amide bonds. The number of alkyl carbamates (subject to hydrolysis) is 1. The van der Waals surface area contributed by atoms with Crippen molar-refractivity contribution in [3.8, 4) is 5.75 Å². The van der Waals surface area contributed by atoms with E-state index >= 15 is 4.39 Å². The van der Waals surface area contributed by atoms with Crippen LogP contribution in [-0.4, -0.2) is 75.8 Å². The van der Waals surface area contributed by atoms with E-state index in [9.17, 15) is 33.6 Å². The van der Waals surface area contributed by atoms with E-state index in [1.165, 1.54) is 19.1 Å². The van der Waals surface area contributed by atoms with Crippen LogP contribution in [0.25, 0.3) is 0 Å². The average molecular weight is 909 g/mol. The number of carbonyl (C=O) groups excluding carboxylic acids is 3. The SMILES string of the molecule is COC(=O)NCC(=O)OCn1c(=O)ccn([C@@H]2OC3(C[C@H]3O[P@](=O)(N[C@@H](C)[C-]=O)Oc3ccccc3)[C@@H](O)[C@@]2(C)F)c1=O.C[CH-]C.[U+2]. The minimum absolute atomic E-state index is 0. The number of hydrogen-bond acceptors (Lipinski definition) is 12. The van der Waals surface area contributed by atoms with Gasteiger partial charge in [0.25, 0.3) is 5.56 Å². The van der Waals surface area contributed by atoms with Gasteiger partial charge in [0.1, 0.15) is 30.1 Å². The molecule has 1 saturated carbocycles. The largest absolute Gasteiger partial charge is 2.00 e. The Morgan fingerprint density at radius 2 is 1.89 bits per heavy atom. The Balaban J connectivity index is 0.00000185. The Bertz CT molecular complexity index is 1560. The number of ether oxygens (including phenoxy) is 3. The van der Waals surface area contributed by atoms with Crippen LogP contribution in [0.4, 0.5) is 9.18 Å². The molecule has 7 atom stereocenters. The van der Waals surface area contributed by atoms with Crippen LogP contribution >= 0.6 is 7.75 Å². The van der Waals surface area contributed by atoms with Gasteiger partial charge in [-0.1, -0.05) is 31.2 Å². The van der Waals surface area contributed by atoms with Gasteiger partial charge in [-0.25, -0.2) is 34.5 Å². The van der Waals surface area contributed by atoms with Crippen LogP contribution in [0.5, 0.6) is 5.75 Å². The summed E-state index contributed by atoms with van der Waals surface area (Å²) in [7, 11) is -3.25. The van der Waals surface area contributed by atoms with E-state index in [0.29, 0.717) is 9.13 Å². The van der Waals surface area contributed by atoms with Gasteiger partial charge >= 0.3 is 56.6 Å². The van der Waals surface area contributed by atoms with Crippen LogP contribution in [0.1, 0.15) is 40.3 Å². The summed E-state index contributed by atoms with van der Waals surface area (Å²) in [5.74, 6) is -0.882. The first kappa shape index (κ1) is 40.3. The molecule has 0 radical (unpaired) electrons. The number of alkyl halides is 1. The molecule has 1 aliphatic carbocycles. The molecule has 3 N–H and O–H groups in total. The fraction of sp³-hybridized carbons (Fsp3) is 0.500. The number of aliphatic hydroxyl groups excluding tert-OH is 1. The number of nitrogens with one attached hydrogen (secondary N) is 2. The van der Waals surface area contributed by atoms with Crippen molar-refractivity contribution in [2.24, 2.45) is 0 Å². The van der Waals surface area contributed by atoms with Gasteiger partial charge in [-0.2, -0.15) is 13.8 Å². The van der Waals surface area contributed by atoms with Gasteiger partial charge in [0.2, 0.25) is 0 Å². The molecular formula is C28H36FN4O12PU. The summed E-state index contributed by atoms with van der Waals surface area (Å²) < 4.78 is 57.0. The van der Waals surface area contributed by atoms with Gasteiger partial charge in [0.15, 0.2) is 18.6 Å². The third kappa shape index (κ3) is 9.63. The molecule has 256 valence electrons. The van der Waals surface area contributed by atoms with Crippen LogP contribution in [0.15, 0.2) is 52.2 Å². The van der Waals surface area contributed by atoms with Crippen LogP contribution in [0.2, 0.25) is 0 Å². The topological polar surface area (TPSA) is 203 Å². The maximum Gasteiger partial charge on any atom is 2.00 e. The summed E-state index contributed by atoms with van der Waals surface area (Å²) in [5.41, 5.74) is -6.48. The predicted molar refractivity (Wildman–Crippen MR) is 158 cm³/mol. The molecule has 2 fully saturated rings. The van der Waals surface area contributed by atoms with E-state index < -0.39 is 80.1 Å². The van der Waals surface area contributed by atoms with Gasteiger partial charge in [0, 0.05) is 18.7 Å². The van der Waals surface area contributed by atoms with Gasteiger partial charge < -0.3 is 40.4 Å². The number of halogens is 1. The Hall–Kier alpha value is -2.84. The van der Waals surface area contributed by atoms with Gasteiger partial charge in [0.05, 0.1) is 7.11 Å². The maximum absolute atomic E-state index is 16.1. The Labute approximate surface area is 293 Å². The molecule has 1 aromatic carbocycles. The standard InChI is InChI=1S/C25H29FN4O12P.C3H7.U/c1-15(13-31)28-43(37,41-16-7-5-4-6-8-16)42-17-11-25(17)20(34)24(2,26)21(40-25)29-10-9-18(32)30(23(29)36)14-39-19(33)12-27-22(35)38-3;1-3-2;/h4-10,15,17,20-21,34H,11-12,14H2,1-3H3,(H,27,35)(H,28,37);3H,1-2H3;/q2*-1;+2/t15-,17+,20-,21+,24+,25?,43-;;/m0../s1. The molecule has 1 saturated heterocycles. The fourth-order valence-corrected chi connectivity index (χ4v) is 6.13. The van der Waals surface area contributed by atoms with Crippen LogP contribution in [0.3, 0.4) is 0 Å². The molecule has 47 heavy (non-hydrogen) atoms. The minimum Gasteiger partial charge on any atom is -0.540 e. The van der Waals surface area contributed by atoms with E-state index in [4.69, 9.17) is 18.5 Å². The summed E-state index contributed by atoms with van der Waals surface area (Å²) >= 11 is 0. The number of nitrogens with zero attached hydrogens (tertiary/aromatic N) is 2. The molecule has 4 rings (SSSR count). The Morgan fingerprint density at radius 3 is 2.49 bits per heavy atom. The molecule has 1 aliphatic heterocycles. The van der Waals surface area contributed by atoms with Crippen LogP contribution in [0, 0.1) is 37.5 Å². The van der Waals surface area contributed by atoms with E-state index in [1.54, 1.807) is 24.5 Å². The van der Waals surface area contributed by atoms with Gasteiger partial charge in [-0.3, -0.25) is 18.7 Å². The summed E-state index contributed by atoms with van der Waals surface area (Å²) in [5, 5.41) is 15.5. The number of aromatic nitrogens is 2. The van der Waals surface area contributed by atoms with Gasteiger partial charge in [-0.15, -0.1) is 0 Å². The summed E-state index contributed by atoms with van der Waals surface area (Å²) in [4.78, 5) is 59.6. The first-order valence-corrected chi connectivity index (χ1v) is 15.5. The van der Waals surface area contributed by atoms with Crippen molar-refractivity contribution < 1.29 is 82.8 Å². The molecule has 16 nitrogen and oxygen atoms in total. The maximum atomic E-state index is 16.1. The summed E-state index contributed by atoms with van der Waals surface area (Å²) in [6.07, 6.45) is -1.47. The predicted octanol–water partition coefficient (Wildman–Crippen LogP) is 1.52. The number of hydrogen-bond donors (Lipinski definition) is 3. The molecule has 2 aliphatic rings. The smallest absolute Gasteiger partial charge is 0.540 e. The number of para-hydroxylation sites is 1. The zero-order chi connectivity index (χ0) is 34.3. The molecule has 19 heteroatoms. The molecule has 2 aromatic rings. The molecule has 1 unspecified atom stereocenters. The van der Waals surface area contributed by atoms with Crippen molar-refractivity contribution in [1.29, 1.82) is 0 Å². The van der Waals surface area contributed by atoms with Crippen molar-refractivity contribution in [1.82, 2.24) is 19.5 Å². The van der Waals surface area contributed by atoms with Crippen LogP contribution in [-0.2, 0) is 39.6 Å². The number of amides is 1. The first-order chi connectivity index (χ1) is 21.7. The normalized spacial score (nSPS) is 26.0. The zero-order valence-electron chi connectivity index (χ0n) is 26.2. The summed E-state index contributed by atoms with van der Waals surface area (Å²) in [6, 6.07) is 7.67. The second kappa shape index (κ2) is 17.0. The molecule has 1 spiro atoms. The average Bonchev–Trinajstić information content (AvgIpc) is 3.65. The Morgan fingerprint density at radius 1 is 1.26 bits per heavy atom. The molecule has 1 aromatic heterocycles. The second-order valence-electron chi connectivity index (χ2n) is 10.5. The minimum atomic E-state index is -4.33.